The van der Waals surface area contributed by atoms with Gasteiger partial charge in [0.2, 0.25) is 0 Å². The maximum atomic E-state index is 0. The minimum absolute atomic E-state index is 0. The fraction of sp³-hybridized carbons (Fsp3) is 1.00. The van der Waals surface area contributed by atoms with E-state index in [1.165, 1.54) is 0 Å². The van der Waals surface area contributed by atoms with Crippen LogP contribution in [0.4, 0.5) is 0 Å². The van der Waals surface area contributed by atoms with Crippen LogP contribution in [0, 0.1) is 0 Å². The molecule has 0 bridgehead atoms. The van der Waals surface area contributed by atoms with Crippen molar-refractivity contribution < 1.29 is 27.4 Å². The Hall–Kier alpha value is 2.40. The molecular formula is C3H18Al2Mg2O5+6. The molecule has 0 saturated carbocycles. The van der Waals surface area contributed by atoms with Crippen molar-refractivity contribution in [1.29, 1.82) is 0 Å². The normalized spacial score (nSPS) is 0. The summed E-state index contributed by atoms with van der Waals surface area (Å²) in [5, 5.41) is 0. The van der Waals surface area contributed by atoms with Gasteiger partial charge in [-0.15, -0.1) is 0 Å². The molecule has 9 heteroatoms. The third kappa shape index (κ3) is 280. The second kappa shape index (κ2) is 358. The first-order chi connectivity index (χ1) is 0. The number of hydrogen-bond donors (Lipinski definition) is 0. The Morgan fingerprint density at radius 3 is 0.417 bits per heavy atom. The molecule has 0 atom stereocenters. The zero-order valence-corrected chi connectivity index (χ0v) is 10.00. The van der Waals surface area contributed by atoms with Gasteiger partial charge >= 0.3 is 80.8 Å². The molecule has 0 aliphatic rings. The molecule has 0 rings (SSSR count). The van der Waals surface area contributed by atoms with Gasteiger partial charge in [-0.25, -0.2) is 0 Å². The molecule has 0 saturated heterocycles. The molecule has 0 heterocycles. The van der Waals surface area contributed by atoms with E-state index < -0.39 is 0 Å². The molecule has 0 unspecified atom stereocenters. The van der Waals surface area contributed by atoms with Gasteiger partial charge in [0.25, 0.3) is 0 Å². The number of rotatable bonds is 0. The predicted molar refractivity (Wildman–Crippen MR) is 54.6 cm³/mol. The number of hydrogen-bond acceptors (Lipinski definition) is 4. The Morgan fingerprint density at radius 1 is 0.417 bits per heavy atom. The maximum absolute atomic E-state index is 0. The van der Waals surface area contributed by atoms with Crippen molar-refractivity contribution in [1.82, 2.24) is 0 Å². The van der Waals surface area contributed by atoms with Gasteiger partial charge in [-0.1, -0.05) is 22.3 Å². The molecule has 0 amide bonds. The summed E-state index contributed by atoms with van der Waals surface area (Å²) in [6, 6.07) is 0. The molecule has 5 nitrogen and oxygen atoms in total. The summed E-state index contributed by atoms with van der Waals surface area (Å²) >= 11 is 0. The SMILES string of the molecule is C.C.C.O.[Al+3].[Al+3].[Mg+2].[Mg+2].[OH-].[OH-].[OH-].[OH-]. The predicted octanol–water partition coefficient (Wildman–Crippen LogP) is -1.15. The molecule has 0 aromatic rings. The van der Waals surface area contributed by atoms with E-state index in [0.717, 1.165) is 0 Å². The van der Waals surface area contributed by atoms with E-state index in [1.807, 2.05) is 0 Å². The van der Waals surface area contributed by atoms with Crippen LogP contribution in [0.25, 0.3) is 0 Å². The fourth-order valence-corrected chi connectivity index (χ4v) is 0. The van der Waals surface area contributed by atoms with E-state index in [9.17, 15) is 0 Å². The topological polar surface area (TPSA) is 152 Å². The monoisotopic (exact) mass is 236 g/mol. The van der Waals surface area contributed by atoms with Crippen LogP contribution in [0.15, 0.2) is 0 Å². The van der Waals surface area contributed by atoms with Crippen molar-refractivity contribution in [2.45, 2.75) is 22.3 Å². The van der Waals surface area contributed by atoms with E-state index >= 15 is 0 Å². The second-order valence-electron chi connectivity index (χ2n) is 0. The Labute approximate surface area is 129 Å². The Balaban J connectivity index is 0. The molecule has 12 heavy (non-hydrogen) atoms. The van der Waals surface area contributed by atoms with Crippen molar-refractivity contribution in [3.63, 3.8) is 0 Å². The summed E-state index contributed by atoms with van der Waals surface area (Å²) < 4.78 is 0. The zero-order valence-electron chi connectivity index (χ0n) is 4.86. The summed E-state index contributed by atoms with van der Waals surface area (Å²) in [5.41, 5.74) is 0. The summed E-state index contributed by atoms with van der Waals surface area (Å²) in [6.07, 6.45) is 0. The third-order valence-electron chi connectivity index (χ3n) is 0. The molecule has 0 spiro atoms. The molecule has 0 aromatic carbocycles. The average molecular weight is 237 g/mol. The Bertz CT molecular complexity index is 22.7. The molecule has 64 valence electrons. The smallest absolute Gasteiger partial charge is 0.870 e. The Morgan fingerprint density at radius 2 is 0.417 bits per heavy atom. The van der Waals surface area contributed by atoms with Gasteiger partial charge in [-0.3, -0.25) is 0 Å². The van der Waals surface area contributed by atoms with Gasteiger partial charge in [-0.2, -0.15) is 0 Å². The van der Waals surface area contributed by atoms with E-state index in [1.54, 1.807) is 0 Å². The van der Waals surface area contributed by atoms with Crippen LogP contribution in [0.1, 0.15) is 22.3 Å². The average Bonchev–Trinajstić information content (AvgIpc) is 0. The van der Waals surface area contributed by atoms with Crippen molar-refractivity contribution >= 4 is 80.8 Å². The van der Waals surface area contributed by atoms with E-state index in [0.29, 0.717) is 0 Å². The molecule has 6 N–H and O–H groups in total. The van der Waals surface area contributed by atoms with E-state index in [4.69, 9.17) is 0 Å². The zero-order chi connectivity index (χ0) is 0. The largest absolute Gasteiger partial charge is 3.00 e. The minimum Gasteiger partial charge on any atom is -0.870 e. The van der Waals surface area contributed by atoms with Crippen LogP contribution in [-0.2, 0) is 0 Å². The van der Waals surface area contributed by atoms with Crippen LogP contribution >= 0.6 is 0 Å². The van der Waals surface area contributed by atoms with Gasteiger partial charge < -0.3 is 27.4 Å². The Kier molecular flexibility index (Phi) is 13400. The quantitative estimate of drug-likeness (QED) is 0.488. The van der Waals surface area contributed by atoms with E-state index in [2.05, 4.69) is 0 Å². The van der Waals surface area contributed by atoms with Crippen LogP contribution < -0.4 is 0 Å². The first-order valence-electron chi connectivity index (χ1n) is 0. The summed E-state index contributed by atoms with van der Waals surface area (Å²) in [6.45, 7) is 0. The minimum atomic E-state index is 0. The fourth-order valence-electron chi connectivity index (χ4n) is 0. The first-order valence-corrected chi connectivity index (χ1v) is 0. The van der Waals surface area contributed by atoms with Crippen molar-refractivity contribution in [3.8, 4) is 0 Å². The van der Waals surface area contributed by atoms with Crippen LogP contribution in [0.5, 0.6) is 0 Å². The third-order valence-corrected chi connectivity index (χ3v) is 0. The maximum Gasteiger partial charge on any atom is 3.00 e. The second-order valence-corrected chi connectivity index (χ2v) is 0. The van der Waals surface area contributed by atoms with E-state index in [-0.39, 0.29) is 130 Å². The molecule has 0 aliphatic heterocycles. The molecular weight excluding hydrogens is 219 g/mol. The van der Waals surface area contributed by atoms with Gasteiger partial charge in [0.05, 0.1) is 0 Å². The molecule has 0 aliphatic carbocycles. The van der Waals surface area contributed by atoms with Crippen LogP contribution in [0.2, 0.25) is 0 Å². The van der Waals surface area contributed by atoms with Gasteiger partial charge in [0.15, 0.2) is 0 Å². The van der Waals surface area contributed by atoms with Gasteiger partial charge in [-0.05, 0) is 0 Å². The molecule has 0 radical (unpaired) electrons. The van der Waals surface area contributed by atoms with Crippen molar-refractivity contribution in [3.05, 3.63) is 0 Å². The van der Waals surface area contributed by atoms with Crippen LogP contribution in [0.3, 0.4) is 0 Å². The summed E-state index contributed by atoms with van der Waals surface area (Å²) in [4.78, 5) is 0. The summed E-state index contributed by atoms with van der Waals surface area (Å²) in [7, 11) is 0. The molecule has 0 fully saturated rings. The van der Waals surface area contributed by atoms with Gasteiger partial charge in [0, 0.05) is 0 Å². The van der Waals surface area contributed by atoms with Crippen molar-refractivity contribution in [2.75, 3.05) is 0 Å². The standard InChI is InChI=1S/3CH4.2Al.2Mg.5H2O/h3*1H4;;;;;5*1H2/q;;;2*+3;2*+2;;;;;/p-4. The van der Waals surface area contributed by atoms with Crippen molar-refractivity contribution in [2.24, 2.45) is 0 Å². The first kappa shape index (κ1) is 450. The molecule has 0 aromatic heterocycles. The van der Waals surface area contributed by atoms with Crippen LogP contribution in [-0.4, -0.2) is 108 Å². The summed E-state index contributed by atoms with van der Waals surface area (Å²) in [5.74, 6) is 0. The van der Waals surface area contributed by atoms with Gasteiger partial charge in [0.1, 0.15) is 0 Å².